The summed E-state index contributed by atoms with van der Waals surface area (Å²) in [5, 5.41) is 7.29. The lowest BCUT2D eigenvalue weighted by Crippen LogP contribution is -2.35. The van der Waals surface area contributed by atoms with Crippen LogP contribution in [0.1, 0.15) is 0 Å². The van der Waals surface area contributed by atoms with Crippen LogP contribution in [-0.4, -0.2) is 35.9 Å². The second-order valence-corrected chi connectivity index (χ2v) is 5.89. The second kappa shape index (κ2) is 6.10. The van der Waals surface area contributed by atoms with Gasteiger partial charge >= 0.3 is 14.6 Å². The zero-order valence-electron chi connectivity index (χ0n) is 14.0. The van der Waals surface area contributed by atoms with E-state index in [9.17, 15) is 0 Å². The molecule has 0 fully saturated rings. The summed E-state index contributed by atoms with van der Waals surface area (Å²) in [6, 6.07) is 17.1. The topological polar surface area (TPSA) is 27.7 Å². The molecule has 0 aliphatic rings. The molecule has 3 nitrogen and oxygen atoms in total. The van der Waals surface area contributed by atoms with Gasteiger partial charge in [-0.05, 0) is 43.2 Å². The Morgan fingerprint density at radius 1 is 0.708 bits per heavy atom. The van der Waals surface area contributed by atoms with Gasteiger partial charge in [-0.3, -0.25) is 0 Å². The Hall–Kier alpha value is -2.07. The fourth-order valence-corrected chi connectivity index (χ4v) is 3.63. The van der Waals surface area contributed by atoms with Crippen molar-refractivity contribution >= 4 is 57.8 Å². The van der Waals surface area contributed by atoms with Crippen LogP contribution in [0, 0.1) is 0 Å². The molecule has 0 amide bonds. The minimum Gasteiger partial charge on any atom is -0.437 e. The maximum atomic E-state index is 5.49. The second-order valence-electron chi connectivity index (χ2n) is 5.89. The van der Waals surface area contributed by atoms with E-state index >= 15 is 0 Å². The molecule has 4 rings (SSSR count). The predicted octanol–water partition coefficient (Wildman–Crippen LogP) is 2.46. The van der Waals surface area contributed by atoms with Gasteiger partial charge in [-0.25, -0.2) is 0 Å². The fraction of sp³-hybridized carbons (Fsp3) is 0.158. The van der Waals surface area contributed by atoms with Gasteiger partial charge in [0.2, 0.25) is 0 Å². The number of hydrogen-bond acceptors (Lipinski definition) is 3. The Morgan fingerprint density at radius 2 is 1.29 bits per heavy atom. The number of benzene rings is 4. The highest BCUT2D eigenvalue weighted by Gasteiger charge is 2.22. The molecule has 5 heteroatoms. The summed E-state index contributed by atoms with van der Waals surface area (Å²) in [7, 11) is 6.42. The van der Waals surface area contributed by atoms with Crippen molar-refractivity contribution < 1.29 is 14.0 Å². The van der Waals surface area contributed by atoms with Crippen LogP contribution in [0.5, 0.6) is 0 Å². The highest BCUT2D eigenvalue weighted by molar-refractivity contribution is 6.65. The molecule has 0 aliphatic heterocycles. The summed E-state index contributed by atoms with van der Waals surface area (Å²) in [6.45, 7) is 0. The molecule has 0 spiro atoms. The lowest BCUT2D eigenvalue weighted by molar-refractivity contribution is 0.292. The quantitative estimate of drug-likeness (QED) is 0.418. The standard InChI is InChI=1S/C19H17B2O3/c1-22-20-16-10-6-12-5-9-15-17(21(23-2)24-3)11-7-13-4-8-14(16)18(12)19(13)15/h4-11H,1-3H3. The van der Waals surface area contributed by atoms with Crippen LogP contribution < -0.4 is 10.9 Å². The molecule has 0 saturated carbocycles. The monoisotopic (exact) mass is 315 g/mol. The third kappa shape index (κ3) is 2.20. The van der Waals surface area contributed by atoms with Crippen LogP contribution in [0.15, 0.2) is 48.5 Å². The highest BCUT2D eigenvalue weighted by atomic mass is 16.6. The Balaban J connectivity index is 2.14. The van der Waals surface area contributed by atoms with Crippen molar-refractivity contribution in [2.45, 2.75) is 0 Å². The van der Waals surface area contributed by atoms with Crippen LogP contribution >= 0.6 is 0 Å². The van der Waals surface area contributed by atoms with Gasteiger partial charge in [0.15, 0.2) is 0 Å². The smallest absolute Gasteiger partial charge is 0.437 e. The molecule has 0 saturated heterocycles. The fourth-order valence-electron chi connectivity index (χ4n) is 3.63. The third-order valence-corrected chi connectivity index (χ3v) is 4.66. The first kappa shape index (κ1) is 15.5. The highest BCUT2D eigenvalue weighted by Crippen LogP contribution is 2.33. The predicted molar refractivity (Wildman–Crippen MR) is 102 cm³/mol. The normalized spacial score (nSPS) is 11.6. The van der Waals surface area contributed by atoms with Gasteiger partial charge < -0.3 is 14.0 Å². The molecular formula is C19H17B2O3. The number of rotatable bonds is 5. The molecule has 1 radical (unpaired) electrons. The van der Waals surface area contributed by atoms with Gasteiger partial charge in [-0.15, -0.1) is 0 Å². The van der Waals surface area contributed by atoms with Gasteiger partial charge in [0.25, 0.3) is 0 Å². The van der Waals surface area contributed by atoms with Crippen molar-refractivity contribution in [2.24, 2.45) is 0 Å². The molecule has 4 aromatic carbocycles. The first-order valence-electron chi connectivity index (χ1n) is 7.90. The summed E-state index contributed by atoms with van der Waals surface area (Å²) < 4.78 is 16.2. The van der Waals surface area contributed by atoms with Crippen LogP contribution in [0.3, 0.4) is 0 Å². The van der Waals surface area contributed by atoms with Crippen molar-refractivity contribution in [3.05, 3.63) is 48.5 Å². The van der Waals surface area contributed by atoms with Crippen LogP contribution in [0.25, 0.3) is 32.3 Å². The number of hydrogen-bond donors (Lipinski definition) is 0. The third-order valence-electron chi connectivity index (χ3n) is 4.66. The van der Waals surface area contributed by atoms with Gasteiger partial charge in [-0.1, -0.05) is 48.5 Å². The lowest BCUT2D eigenvalue weighted by atomic mass is 9.73. The van der Waals surface area contributed by atoms with Crippen molar-refractivity contribution in [3.63, 3.8) is 0 Å². The lowest BCUT2D eigenvalue weighted by Gasteiger charge is -2.17. The van der Waals surface area contributed by atoms with E-state index in [2.05, 4.69) is 48.5 Å². The Bertz CT molecular complexity index is 1010. The molecule has 0 bridgehead atoms. The van der Waals surface area contributed by atoms with E-state index in [1.165, 1.54) is 26.9 Å². The van der Waals surface area contributed by atoms with Crippen molar-refractivity contribution in [3.8, 4) is 0 Å². The Kier molecular flexibility index (Phi) is 3.93. The van der Waals surface area contributed by atoms with Crippen molar-refractivity contribution in [2.75, 3.05) is 21.3 Å². The zero-order chi connectivity index (χ0) is 16.7. The molecule has 4 aromatic rings. The van der Waals surface area contributed by atoms with Crippen molar-refractivity contribution in [1.29, 1.82) is 0 Å². The largest absolute Gasteiger partial charge is 0.494 e. The SMILES string of the molecule is CO[B]c1ccc2ccc3c(B(OC)OC)ccc4ccc1c2c43. The Morgan fingerprint density at radius 3 is 1.96 bits per heavy atom. The summed E-state index contributed by atoms with van der Waals surface area (Å²) in [5.41, 5.74) is 2.13. The summed E-state index contributed by atoms with van der Waals surface area (Å²) in [4.78, 5) is 0. The van der Waals surface area contributed by atoms with Crippen molar-refractivity contribution in [1.82, 2.24) is 0 Å². The molecule has 0 aromatic heterocycles. The molecule has 0 aliphatic carbocycles. The van der Waals surface area contributed by atoms with E-state index in [0.717, 1.165) is 16.3 Å². The Labute approximate surface area is 142 Å². The van der Waals surface area contributed by atoms with E-state index < -0.39 is 0 Å². The summed E-state index contributed by atoms with van der Waals surface area (Å²) >= 11 is 0. The molecular weight excluding hydrogens is 298 g/mol. The molecule has 0 atom stereocenters. The summed E-state index contributed by atoms with van der Waals surface area (Å²) in [6.07, 6.45) is 0. The minimum absolute atomic E-state index is 0.375. The van der Waals surface area contributed by atoms with E-state index in [1.807, 2.05) is 0 Å². The van der Waals surface area contributed by atoms with E-state index in [-0.39, 0.29) is 7.12 Å². The average Bonchev–Trinajstić information content (AvgIpc) is 2.63. The first-order valence-corrected chi connectivity index (χ1v) is 7.90. The molecule has 24 heavy (non-hydrogen) atoms. The van der Waals surface area contributed by atoms with E-state index in [4.69, 9.17) is 14.0 Å². The van der Waals surface area contributed by atoms with E-state index in [1.54, 1.807) is 28.8 Å². The average molecular weight is 315 g/mol. The molecule has 117 valence electrons. The van der Waals surface area contributed by atoms with Gasteiger partial charge in [-0.2, -0.15) is 0 Å². The maximum Gasteiger partial charge on any atom is 0.494 e. The van der Waals surface area contributed by atoms with Gasteiger partial charge in [0, 0.05) is 21.3 Å². The zero-order valence-corrected chi connectivity index (χ0v) is 14.0. The maximum absolute atomic E-state index is 5.49. The van der Waals surface area contributed by atoms with Gasteiger partial charge in [0.1, 0.15) is 0 Å². The molecule has 0 unspecified atom stereocenters. The molecule has 0 heterocycles. The van der Waals surface area contributed by atoms with Crippen LogP contribution in [-0.2, 0) is 14.0 Å². The molecule has 0 N–H and O–H groups in total. The van der Waals surface area contributed by atoms with Crippen LogP contribution in [0.2, 0.25) is 0 Å². The van der Waals surface area contributed by atoms with E-state index in [0.29, 0.717) is 0 Å². The van der Waals surface area contributed by atoms with Gasteiger partial charge in [0.05, 0.1) is 0 Å². The summed E-state index contributed by atoms with van der Waals surface area (Å²) in [5.74, 6) is 0. The minimum atomic E-state index is -0.375. The van der Waals surface area contributed by atoms with Crippen LogP contribution in [0.4, 0.5) is 0 Å². The first-order chi connectivity index (χ1) is 11.8.